The Labute approximate surface area is 111 Å². The highest BCUT2D eigenvalue weighted by Gasteiger charge is 2.25. The van der Waals surface area contributed by atoms with Gasteiger partial charge in [-0.15, -0.1) is 0 Å². The number of carbonyl (C=O) groups is 1. The van der Waals surface area contributed by atoms with E-state index in [1.807, 2.05) is 0 Å². The molecule has 1 atom stereocenters. The first-order chi connectivity index (χ1) is 8.68. The Bertz CT molecular complexity index is 621. The van der Waals surface area contributed by atoms with Gasteiger partial charge in [0.2, 0.25) is 0 Å². The minimum atomic E-state index is -3.52. The molecule has 0 aliphatic heterocycles. The molecule has 1 unspecified atom stereocenters. The average molecular weight is 285 g/mol. The molecule has 0 heterocycles. The second-order valence-electron chi connectivity index (χ2n) is 4.29. The molecule has 1 aromatic rings. The third kappa shape index (κ3) is 3.37. The number of hydrogen-bond donors (Lipinski definition) is 0. The van der Waals surface area contributed by atoms with Crippen molar-refractivity contribution in [2.45, 2.75) is 31.1 Å². The lowest BCUT2D eigenvalue weighted by atomic mass is 9.94. The molecule has 1 rings (SSSR count). The van der Waals surface area contributed by atoms with E-state index in [4.69, 9.17) is 0 Å². The summed E-state index contributed by atoms with van der Waals surface area (Å²) in [5.41, 5.74) is -0.0959. The fourth-order valence-electron chi connectivity index (χ4n) is 1.76. The summed E-state index contributed by atoms with van der Waals surface area (Å²) in [6.45, 7) is 3.25. The van der Waals surface area contributed by atoms with Gasteiger partial charge in [0.15, 0.2) is 9.84 Å². The topological polar surface area (TPSA) is 94.3 Å². The lowest BCUT2D eigenvalue weighted by Crippen LogP contribution is -2.10. The number of nitro groups is 1. The molecule has 1 aromatic carbocycles. The zero-order valence-corrected chi connectivity index (χ0v) is 11.7. The van der Waals surface area contributed by atoms with Crippen molar-refractivity contribution >= 4 is 21.3 Å². The maximum atomic E-state index is 11.6. The van der Waals surface area contributed by atoms with Gasteiger partial charge in [-0.3, -0.25) is 14.9 Å². The highest BCUT2D eigenvalue weighted by Crippen LogP contribution is 2.30. The van der Waals surface area contributed by atoms with Gasteiger partial charge >= 0.3 is 0 Å². The van der Waals surface area contributed by atoms with Crippen molar-refractivity contribution < 1.29 is 18.1 Å². The molecule has 0 saturated heterocycles. The quantitative estimate of drug-likeness (QED) is 0.609. The molecule has 0 aliphatic rings. The third-order valence-corrected chi connectivity index (χ3v) is 4.03. The molecule has 6 nitrogen and oxygen atoms in total. The number of ketones is 1. The lowest BCUT2D eigenvalue weighted by Gasteiger charge is -2.11. The van der Waals surface area contributed by atoms with Crippen molar-refractivity contribution in [1.82, 2.24) is 0 Å². The first-order valence-corrected chi connectivity index (χ1v) is 7.58. The summed E-state index contributed by atoms with van der Waals surface area (Å²) in [6, 6.07) is 3.63. The van der Waals surface area contributed by atoms with Crippen molar-refractivity contribution in [3.63, 3.8) is 0 Å². The van der Waals surface area contributed by atoms with Gasteiger partial charge in [-0.2, -0.15) is 0 Å². The molecule has 7 heteroatoms. The summed E-state index contributed by atoms with van der Waals surface area (Å²) < 4.78 is 22.8. The standard InChI is InChI=1S/C12H15NO5S/c1-4-12(14)8(2)10-6-5-9(19(3,17)18)7-11(10)13(15)16/h5-8H,4H2,1-3H3. The predicted octanol–water partition coefficient (Wildman–Crippen LogP) is 2.08. The second-order valence-corrected chi connectivity index (χ2v) is 6.31. The van der Waals surface area contributed by atoms with Gasteiger partial charge in [-0.05, 0) is 6.07 Å². The van der Waals surface area contributed by atoms with Gasteiger partial charge in [0.05, 0.1) is 9.82 Å². The molecule has 19 heavy (non-hydrogen) atoms. The summed E-state index contributed by atoms with van der Waals surface area (Å²) in [6.07, 6.45) is 1.25. The van der Waals surface area contributed by atoms with Crippen molar-refractivity contribution in [2.75, 3.05) is 6.26 Å². The minimum Gasteiger partial charge on any atom is -0.299 e. The van der Waals surface area contributed by atoms with E-state index in [0.29, 0.717) is 0 Å². The summed E-state index contributed by atoms with van der Waals surface area (Å²) in [4.78, 5) is 21.9. The van der Waals surface area contributed by atoms with Crippen molar-refractivity contribution in [1.29, 1.82) is 0 Å². The Morgan fingerprint density at radius 3 is 2.42 bits per heavy atom. The highest BCUT2D eigenvalue weighted by molar-refractivity contribution is 7.90. The van der Waals surface area contributed by atoms with Crippen LogP contribution >= 0.6 is 0 Å². The number of rotatable bonds is 5. The molecule has 104 valence electrons. The Balaban J connectivity index is 3.43. The van der Waals surface area contributed by atoms with Crippen molar-refractivity contribution in [3.05, 3.63) is 33.9 Å². The Morgan fingerprint density at radius 1 is 1.42 bits per heavy atom. The first-order valence-electron chi connectivity index (χ1n) is 5.69. The van der Waals surface area contributed by atoms with Gasteiger partial charge < -0.3 is 0 Å². The molecule has 0 aromatic heterocycles. The van der Waals surface area contributed by atoms with E-state index in [2.05, 4.69) is 0 Å². The van der Waals surface area contributed by atoms with Crippen molar-refractivity contribution in [3.8, 4) is 0 Å². The van der Waals surface area contributed by atoms with E-state index in [1.54, 1.807) is 13.8 Å². The summed E-state index contributed by atoms with van der Waals surface area (Å²) in [7, 11) is -3.52. The van der Waals surface area contributed by atoms with Gasteiger partial charge in [-0.1, -0.05) is 19.9 Å². The third-order valence-electron chi connectivity index (χ3n) is 2.92. The highest BCUT2D eigenvalue weighted by atomic mass is 32.2. The number of Topliss-reactive ketones (excluding diaryl/α,β-unsaturated/α-hetero) is 1. The summed E-state index contributed by atoms with van der Waals surface area (Å²) in [5, 5.41) is 11.0. The smallest absolute Gasteiger partial charge is 0.274 e. The maximum absolute atomic E-state index is 11.6. The largest absolute Gasteiger partial charge is 0.299 e. The number of nitrogens with zero attached hydrogens (tertiary/aromatic N) is 1. The van der Waals surface area contributed by atoms with Gasteiger partial charge in [0.25, 0.3) is 5.69 Å². The van der Waals surface area contributed by atoms with E-state index < -0.39 is 20.7 Å². The van der Waals surface area contributed by atoms with Crippen LogP contribution in [-0.4, -0.2) is 25.4 Å². The fraction of sp³-hybridized carbons (Fsp3) is 0.417. The second kappa shape index (κ2) is 5.48. The molecule has 0 aliphatic carbocycles. The number of carbonyl (C=O) groups excluding carboxylic acids is 1. The fourth-order valence-corrected chi connectivity index (χ4v) is 2.40. The molecule has 0 bridgehead atoms. The lowest BCUT2D eigenvalue weighted by molar-refractivity contribution is -0.385. The number of benzene rings is 1. The molecule has 0 spiro atoms. The predicted molar refractivity (Wildman–Crippen MR) is 69.9 cm³/mol. The monoisotopic (exact) mass is 285 g/mol. The van der Waals surface area contributed by atoms with E-state index >= 15 is 0 Å². The Hall–Kier alpha value is -1.76. The van der Waals surface area contributed by atoms with Crippen LogP contribution in [0.4, 0.5) is 5.69 Å². The molecule has 0 fully saturated rings. The summed E-state index contributed by atoms with van der Waals surface area (Å²) >= 11 is 0. The zero-order chi connectivity index (χ0) is 14.8. The van der Waals surface area contributed by atoms with Crippen LogP contribution in [-0.2, 0) is 14.6 Å². The van der Waals surface area contributed by atoms with Crippen LogP contribution in [0.3, 0.4) is 0 Å². The van der Waals surface area contributed by atoms with Crippen LogP contribution in [0.25, 0.3) is 0 Å². The van der Waals surface area contributed by atoms with E-state index in [0.717, 1.165) is 12.3 Å². The van der Waals surface area contributed by atoms with Crippen LogP contribution < -0.4 is 0 Å². The SMILES string of the molecule is CCC(=O)C(C)c1ccc(S(C)(=O)=O)cc1[N+](=O)[O-]. The van der Waals surface area contributed by atoms with Gasteiger partial charge in [0.1, 0.15) is 5.78 Å². The van der Waals surface area contributed by atoms with E-state index in [-0.39, 0.29) is 28.4 Å². The van der Waals surface area contributed by atoms with Crippen LogP contribution in [0, 0.1) is 10.1 Å². The van der Waals surface area contributed by atoms with Crippen LogP contribution in [0.1, 0.15) is 31.7 Å². The number of hydrogen-bond acceptors (Lipinski definition) is 5. The van der Waals surface area contributed by atoms with Crippen LogP contribution in [0.15, 0.2) is 23.1 Å². The number of nitro benzene ring substituents is 1. The normalized spacial score (nSPS) is 13.0. The molecule has 0 amide bonds. The Morgan fingerprint density at radius 2 is 2.00 bits per heavy atom. The molecule has 0 radical (unpaired) electrons. The van der Waals surface area contributed by atoms with Gasteiger partial charge in [0, 0.05) is 30.2 Å². The molecule has 0 saturated carbocycles. The van der Waals surface area contributed by atoms with Crippen LogP contribution in [0.2, 0.25) is 0 Å². The minimum absolute atomic E-state index is 0.126. The average Bonchev–Trinajstić information content (AvgIpc) is 2.35. The molecular formula is C12H15NO5S. The summed E-state index contributed by atoms with van der Waals surface area (Å²) in [5.74, 6) is -0.755. The Kier molecular flexibility index (Phi) is 4.41. The van der Waals surface area contributed by atoms with Crippen LogP contribution in [0.5, 0.6) is 0 Å². The number of sulfone groups is 1. The zero-order valence-electron chi connectivity index (χ0n) is 10.9. The van der Waals surface area contributed by atoms with Crippen molar-refractivity contribution in [2.24, 2.45) is 0 Å². The van der Waals surface area contributed by atoms with Gasteiger partial charge in [-0.25, -0.2) is 8.42 Å². The van der Waals surface area contributed by atoms with E-state index in [9.17, 15) is 23.3 Å². The maximum Gasteiger partial charge on any atom is 0.274 e. The molecular weight excluding hydrogens is 270 g/mol. The molecule has 0 N–H and O–H groups in total. The van der Waals surface area contributed by atoms with E-state index in [1.165, 1.54) is 12.1 Å². The first kappa shape index (κ1) is 15.3.